The van der Waals surface area contributed by atoms with Crippen molar-refractivity contribution in [2.75, 3.05) is 26.7 Å². The number of aryl methyl sites for hydroxylation is 1. The lowest BCUT2D eigenvalue weighted by atomic mass is 9.81. The van der Waals surface area contributed by atoms with Crippen LogP contribution in [0.25, 0.3) is 10.9 Å². The van der Waals surface area contributed by atoms with Gasteiger partial charge in [-0.1, -0.05) is 6.92 Å². The van der Waals surface area contributed by atoms with E-state index in [0.717, 1.165) is 48.3 Å². The first-order valence-electron chi connectivity index (χ1n) is 8.45. The third-order valence-electron chi connectivity index (χ3n) is 4.95. The molecule has 3 rings (SSSR count). The lowest BCUT2D eigenvalue weighted by Crippen LogP contribution is -2.43. The summed E-state index contributed by atoms with van der Waals surface area (Å²) >= 11 is 0. The first-order chi connectivity index (χ1) is 11.5. The van der Waals surface area contributed by atoms with Crippen molar-refractivity contribution in [2.45, 2.75) is 26.7 Å². The summed E-state index contributed by atoms with van der Waals surface area (Å²) in [5, 5.41) is 7.41. The fourth-order valence-corrected chi connectivity index (χ4v) is 3.20. The summed E-state index contributed by atoms with van der Waals surface area (Å²) in [6.45, 7) is 6.86. The lowest BCUT2D eigenvalue weighted by Gasteiger charge is -2.34. The second kappa shape index (κ2) is 6.77. The average Bonchev–Trinajstić information content (AvgIpc) is 2.59. The Labute approximate surface area is 142 Å². The molecule has 5 nitrogen and oxygen atoms in total. The minimum atomic E-state index is -0.0440. The van der Waals surface area contributed by atoms with Gasteiger partial charge < -0.3 is 15.4 Å². The fourth-order valence-electron chi connectivity index (χ4n) is 3.20. The van der Waals surface area contributed by atoms with Gasteiger partial charge in [-0.25, -0.2) is 0 Å². The highest BCUT2D eigenvalue weighted by Crippen LogP contribution is 2.27. The number of hydrogen-bond donors (Lipinski definition) is 2. The van der Waals surface area contributed by atoms with E-state index in [-0.39, 0.29) is 11.3 Å². The molecule has 1 aliphatic heterocycles. The van der Waals surface area contributed by atoms with E-state index in [2.05, 4.69) is 22.5 Å². The summed E-state index contributed by atoms with van der Waals surface area (Å²) < 4.78 is 5.23. The Balaban J connectivity index is 1.78. The predicted molar refractivity (Wildman–Crippen MR) is 95.6 cm³/mol. The third-order valence-corrected chi connectivity index (χ3v) is 4.95. The second-order valence-corrected chi connectivity index (χ2v) is 6.92. The van der Waals surface area contributed by atoms with Crippen molar-refractivity contribution in [3.05, 3.63) is 35.5 Å². The Morgan fingerprint density at radius 1 is 1.33 bits per heavy atom. The maximum Gasteiger partial charge on any atom is 0.253 e. The molecule has 1 fully saturated rings. The molecule has 2 heterocycles. The third kappa shape index (κ3) is 3.51. The molecule has 1 amide bonds. The summed E-state index contributed by atoms with van der Waals surface area (Å²) in [6, 6.07) is 7.62. The fraction of sp³-hybridized carbons (Fsp3) is 0.474. The van der Waals surface area contributed by atoms with Gasteiger partial charge >= 0.3 is 0 Å². The van der Waals surface area contributed by atoms with E-state index >= 15 is 0 Å². The zero-order valence-corrected chi connectivity index (χ0v) is 14.6. The monoisotopic (exact) mass is 327 g/mol. The van der Waals surface area contributed by atoms with Crippen LogP contribution in [0.15, 0.2) is 24.3 Å². The molecular weight excluding hydrogens is 302 g/mol. The number of carbonyl (C=O) groups excluding carboxylic acids is 1. The van der Waals surface area contributed by atoms with E-state index in [1.165, 1.54) is 0 Å². The summed E-state index contributed by atoms with van der Waals surface area (Å²) in [5.41, 5.74) is 2.40. The van der Waals surface area contributed by atoms with Crippen LogP contribution in [0, 0.1) is 12.3 Å². The minimum absolute atomic E-state index is 0.0440. The van der Waals surface area contributed by atoms with Gasteiger partial charge in [0.05, 0.1) is 23.9 Å². The molecule has 24 heavy (non-hydrogen) atoms. The minimum Gasteiger partial charge on any atom is -0.497 e. The van der Waals surface area contributed by atoms with Crippen molar-refractivity contribution >= 4 is 16.8 Å². The van der Waals surface area contributed by atoms with E-state index in [9.17, 15) is 4.79 Å². The van der Waals surface area contributed by atoms with Crippen molar-refractivity contribution in [2.24, 2.45) is 5.41 Å². The van der Waals surface area contributed by atoms with Gasteiger partial charge in [0.1, 0.15) is 5.75 Å². The molecule has 0 aliphatic carbocycles. The van der Waals surface area contributed by atoms with Crippen molar-refractivity contribution in [3.8, 4) is 5.75 Å². The Kier molecular flexibility index (Phi) is 4.71. The molecule has 2 N–H and O–H groups in total. The highest BCUT2D eigenvalue weighted by Gasteiger charge is 2.27. The van der Waals surface area contributed by atoms with Crippen molar-refractivity contribution in [3.63, 3.8) is 0 Å². The summed E-state index contributed by atoms with van der Waals surface area (Å²) in [7, 11) is 1.64. The van der Waals surface area contributed by atoms with Gasteiger partial charge in [-0.05, 0) is 56.5 Å². The number of fused-ring (bicyclic) bond motifs is 1. The first kappa shape index (κ1) is 16.7. The molecule has 5 heteroatoms. The van der Waals surface area contributed by atoms with E-state index in [1.54, 1.807) is 7.11 Å². The average molecular weight is 327 g/mol. The number of nitrogens with zero attached hydrogens (tertiary/aromatic N) is 1. The number of carbonyl (C=O) groups is 1. The Bertz CT molecular complexity index is 752. The molecule has 0 saturated carbocycles. The number of amides is 1. The molecule has 1 aromatic heterocycles. The molecular formula is C19H25N3O2. The van der Waals surface area contributed by atoms with Crippen LogP contribution in [0.2, 0.25) is 0 Å². The zero-order chi connectivity index (χ0) is 17.2. The van der Waals surface area contributed by atoms with Crippen molar-refractivity contribution in [1.82, 2.24) is 15.6 Å². The summed E-state index contributed by atoms with van der Waals surface area (Å²) in [4.78, 5) is 17.2. The largest absolute Gasteiger partial charge is 0.497 e. The summed E-state index contributed by atoms with van der Waals surface area (Å²) in [6.07, 6.45) is 2.17. The van der Waals surface area contributed by atoms with E-state index < -0.39 is 0 Å². The van der Waals surface area contributed by atoms with Crippen LogP contribution in [-0.2, 0) is 0 Å². The second-order valence-electron chi connectivity index (χ2n) is 6.92. The SMILES string of the molecule is COc1ccc2cc(C(=O)NCC3(C)CCNCC3)c(C)nc2c1. The Morgan fingerprint density at radius 2 is 2.08 bits per heavy atom. The van der Waals surface area contributed by atoms with Gasteiger partial charge in [0.15, 0.2) is 0 Å². The van der Waals surface area contributed by atoms with Crippen LogP contribution in [-0.4, -0.2) is 37.6 Å². The van der Waals surface area contributed by atoms with Crippen molar-refractivity contribution in [1.29, 1.82) is 0 Å². The Morgan fingerprint density at radius 3 is 2.79 bits per heavy atom. The lowest BCUT2D eigenvalue weighted by molar-refractivity contribution is 0.0921. The maximum atomic E-state index is 12.6. The number of benzene rings is 1. The molecule has 2 aromatic rings. The molecule has 128 valence electrons. The van der Waals surface area contributed by atoms with Gasteiger partial charge in [-0.15, -0.1) is 0 Å². The normalized spacial score (nSPS) is 16.8. The Hall–Kier alpha value is -2.14. The molecule has 0 bridgehead atoms. The number of methoxy groups -OCH3 is 1. The van der Waals surface area contributed by atoms with Gasteiger partial charge in [0, 0.05) is 18.0 Å². The maximum absolute atomic E-state index is 12.6. The van der Waals surface area contributed by atoms with Gasteiger partial charge in [-0.2, -0.15) is 0 Å². The number of piperidine rings is 1. The van der Waals surface area contributed by atoms with Crippen molar-refractivity contribution < 1.29 is 9.53 Å². The molecule has 0 unspecified atom stereocenters. The zero-order valence-electron chi connectivity index (χ0n) is 14.6. The smallest absolute Gasteiger partial charge is 0.253 e. The van der Waals surface area contributed by atoms with Crippen LogP contribution in [0.1, 0.15) is 35.8 Å². The number of nitrogens with one attached hydrogen (secondary N) is 2. The molecule has 1 saturated heterocycles. The number of ether oxygens (including phenoxy) is 1. The van der Waals surface area contributed by atoms with Gasteiger partial charge in [0.2, 0.25) is 0 Å². The number of hydrogen-bond acceptors (Lipinski definition) is 4. The standard InChI is InChI=1S/C19H25N3O2/c1-13-16(10-14-4-5-15(24-3)11-17(14)22-13)18(23)21-12-19(2)6-8-20-9-7-19/h4-5,10-11,20H,6-9,12H2,1-3H3,(H,21,23). The number of rotatable bonds is 4. The van der Waals surface area contributed by atoms with Gasteiger partial charge in [0.25, 0.3) is 5.91 Å². The topological polar surface area (TPSA) is 63.2 Å². The van der Waals surface area contributed by atoms with Crippen LogP contribution >= 0.6 is 0 Å². The van der Waals surface area contributed by atoms with Crippen LogP contribution < -0.4 is 15.4 Å². The van der Waals surface area contributed by atoms with E-state index in [1.807, 2.05) is 31.2 Å². The van der Waals surface area contributed by atoms with E-state index in [4.69, 9.17) is 4.74 Å². The number of pyridine rings is 1. The van der Waals surface area contributed by atoms with Gasteiger partial charge in [-0.3, -0.25) is 9.78 Å². The molecule has 0 atom stereocenters. The molecule has 1 aliphatic rings. The van der Waals surface area contributed by atoms with Crippen LogP contribution in [0.4, 0.5) is 0 Å². The van der Waals surface area contributed by atoms with Crippen LogP contribution in [0.3, 0.4) is 0 Å². The quantitative estimate of drug-likeness (QED) is 0.906. The predicted octanol–water partition coefficient (Wildman–Crippen LogP) is 2.67. The first-order valence-corrected chi connectivity index (χ1v) is 8.45. The number of aromatic nitrogens is 1. The highest BCUT2D eigenvalue weighted by molar-refractivity contribution is 5.98. The molecule has 1 aromatic carbocycles. The highest BCUT2D eigenvalue weighted by atomic mass is 16.5. The van der Waals surface area contributed by atoms with E-state index in [0.29, 0.717) is 12.1 Å². The molecule has 0 radical (unpaired) electrons. The van der Waals surface area contributed by atoms with Crippen LogP contribution in [0.5, 0.6) is 5.75 Å². The molecule has 0 spiro atoms. The summed E-state index contributed by atoms with van der Waals surface area (Å²) in [5.74, 6) is 0.725.